The molecule has 2 amide bonds. The zero-order valence-electron chi connectivity index (χ0n) is 17.7. The largest absolute Gasteiger partial charge is 0.488 e. The number of para-hydroxylation sites is 2. The maximum absolute atomic E-state index is 12.2. The van der Waals surface area contributed by atoms with Crippen LogP contribution in [-0.2, 0) is 22.6 Å². The van der Waals surface area contributed by atoms with Crippen LogP contribution in [0.5, 0.6) is 5.75 Å². The number of anilines is 1. The molecule has 0 unspecified atom stereocenters. The molecule has 0 bridgehead atoms. The number of hydrogen-bond acceptors (Lipinski definition) is 4. The van der Waals surface area contributed by atoms with Gasteiger partial charge in [0.25, 0.3) is 0 Å². The van der Waals surface area contributed by atoms with E-state index in [1.54, 1.807) is 0 Å². The summed E-state index contributed by atoms with van der Waals surface area (Å²) in [4.78, 5) is 24.3. The molecule has 0 aliphatic carbocycles. The minimum atomic E-state index is -0.499. The molecule has 3 rings (SSSR count). The Morgan fingerprint density at radius 3 is 2.47 bits per heavy atom. The van der Waals surface area contributed by atoms with Gasteiger partial charge < -0.3 is 10.1 Å². The van der Waals surface area contributed by atoms with Crippen molar-refractivity contribution >= 4 is 39.6 Å². The average Bonchev–Trinajstić information content (AvgIpc) is 2.79. The number of halogens is 1. The van der Waals surface area contributed by atoms with E-state index in [0.717, 1.165) is 22.0 Å². The minimum Gasteiger partial charge on any atom is -0.488 e. The smallest absolute Gasteiger partial charge is 0.249 e. The standard InChI is InChI=1S/C25H24BrN3O3/c1-2-19-7-3-5-9-22(19)28-24(30)15-25(31)29-27-16-20-8-4-6-10-23(20)32-17-18-11-13-21(26)14-12-18/h3-14,16H,2,15,17H2,1H3,(H,28,30)(H,29,31). The first-order valence-corrected chi connectivity index (χ1v) is 11.0. The predicted octanol–water partition coefficient (Wildman–Crippen LogP) is 5.07. The van der Waals surface area contributed by atoms with E-state index < -0.39 is 11.8 Å². The Hall–Kier alpha value is -3.45. The lowest BCUT2D eigenvalue weighted by molar-refractivity contribution is -0.126. The van der Waals surface area contributed by atoms with Crippen LogP contribution in [0.2, 0.25) is 0 Å². The van der Waals surface area contributed by atoms with Gasteiger partial charge in [-0.15, -0.1) is 0 Å². The van der Waals surface area contributed by atoms with E-state index in [4.69, 9.17) is 4.74 Å². The van der Waals surface area contributed by atoms with Crippen LogP contribution in [-0.4, -0.2) is 18.0 Å². The monoisotopic (exact) mass is 493 g/mol. The number of carbonyl (C=O) groups is 2. The Morgan fingerprint density at radius 2 is 1.69 bits per heavy atom. The number of carbonyl (C=O) groups excluding carboxylic acids is 2. The number of hydrogen-bond donors (Lipinski definition) is 2. The summed E-state index contributed by atoms with van der Waals surface area (Å²) in [6.07, 6.45) is 1.96. The number of ether oxygens (including phenoxy) is 1. The second kappa shape index (κ2) is 11.8. The Morgan fingerprint density at radius 1 is 0.969 bits per heavy atom. The van der Waals surface area contributed by atoms with Crippen molar-refractivity contribution in [3.63, 3.8) is 0 Å². The van der Waals surface area contributed by atoms with E-state index in [-0.39, 0.29) is 6.42 Å². The van der Waals surface area contributed by atoms with Crippen molar-refractivity contribution < 1.29 is 14.3 Å². The fraction of sp³-hybridized carbons (Fsp3) is 0.160. The van der Waals surface area contributed by atoms with Gasteiger partial charge in [-0.25, -0.2) is 5.43 Å². The summed E-state index contributed by atoms with van der Waals surface area (Å²) in [6.45, 7) is 2.41. The molecule has 0 radical (unpaired) electrons. The topological polar surface area (TPSA) is 79.8 Å². The first-order valence-electron chi connectivity index (χ1n) is 10.2. The van der Waals surface area contributed by atoms with Crippen LogP contribution in [0.3, 0.4) is 0 Å². The molecule has 6 nitrogen and oxygen atoms in total. The van der Waals surface area contributed by atoms with Crippen molar-refractivity contribution in [2.75, 3.05) is 5.32 Å². The highest BCUT2D eigenvalue weighted by atomic mass is 79.9. The molecule has 0 heterocycles. The van der Waals surface area contributed by atoms with Crippen LogP contribution in [0.4, 0.5) is 5.69 Å². The molecular formula is C25H24BrN3O3. The molecule has 2 N–H and O–H groups in total. The molecule has 0 saturated heterocycles. The molecule has 7 heteroatoms. The van der Waals surface area contributed by atoms with Crippen LogP contribution in [0.1, 0.15) is 30.0 Å². The van der Waals surface area contributed by atoms with Crippen LogP contribution >= 0.6 is 15.9 Å². The van der Waals surface area contributed by atoms with Gasteiger partial charge in [-0.05, 0) is 47.9 Å². The third-order valence-corrected chi connectivity index (χ3v) is 5.14. The van der Waals surface area contributed by atoms with E-state index in [0.29, 0.717) is 23.6 Å². The van der Waals surface area contributed by atoms with E-state index in [1.165, 1.54) is 6.21 Å². The first kappa shape index (κ1) is 23.2. The second-order valence-corrected chi connectivity index (χ2v) is 7.90. The molecule has 0 atom stereocenters. The van der Waals surface area contributed by atoms with Gasteiger partial charge in [0.05, 0.1) is 6.21 Å². The first-order chi connectivity index (χ1) is 15.5. The van der Waals surface area contributed by atoms with E-state index in [9.17, 15) is 9.59 Å². The molecular weight excluding hydrogens is 470 g/mol. The summed E-state index contributed by atoms with van der Waals surface area (Å²) in [5.74, 6) is -0.250. The molecule has 0 spiro atoms. The van der Waals surface area contributed by atoms with Crippen molar-refractivity contribution in [3.05, 3.63) is 94.0 Å². The van der Waals surface area contributed by atoms with Crippen LogP contribution in [0.15, 0.2) is 82.4 Å². The maximum atomic E-state index is 12.2. The molecule has 32 heavy (non-hydrogen) atoms. The van der Waals surface area contributed by atoms with Crippen molar-refractivity contribution in [1.29, 1.82) is 0 Å². The molecule has 0 fully saturated rings. The summed E-state index contributed by atoms with van der Waals surface area (Å²) in [7, 11) is 0. The zero-order chi connectivity index (χ0) is 22.8. The Bertz CT molecular complexity index is 1100. The van der Waals surface area contributed by atoms with Gasteiger partial charge in [0.15, 0.2) is 0 Å². The van der Waals surface area contributed by atoms with E-state index in [2.05, 4.69) is 31.8 Å². The number of nitrogens with one attached hydrogen (secondary N) is 2. The summed E-state index contributed by atoms with van der Waals surface area (Å²) < 4.78 is 6.90. The van der Waals surface area contributed by atoms with Gasteiger partial charge >= 0.3 is 0 Å². The quantitative estimate of drug-likeness (QED) is 0.248. The van der Waals surface area contributed by atoms with Crippen molar-refractivity contribution in [3.8, 4) is 5.75 Å². The number of hydrazone groups is 1. The average molecular weight is 494 g/mol. The third-order valence-electron chi connectivity index (χ3n) is 4.61. The fourth-order valence-corrected chi connectivity index (χ4v) is 3.23. The van der Waals surface area contributed by atoms with Gasteiger partial charge in [0, 0.05) is 15.7 Å². The summed E-state index contributed by atoms with van der Waals surface area (Å²) in [5.41, 5.74) is 5.87. The van der Waals surface area contributed by atoms with Crippen molar-refractivity contribution in [1.82, 2.24) is 5.43 Å². The highest BCUT2D eigenvalue weighted by molar-refractivity contribution is 9.10. The van der Waals surface area contributed by atoms with Crippen LogP contribution < -0.4 is 15.5 Å². The number of rotatable bonds is 9. The van der Waals surface area contributed by atoms with Gasteiger partial charge in [-0.1, -0.05) is 65.3 Å². The van der Waals surface area contributed by atoms with E-state index in [1.807, 2.05) is 79.7 Å². The predicted molar refractivity (Wildman–Crippen MR) is 130 cm³/mol. The lowest BCUT2D eigenvalue weighted by atomic mass is 10.1. The van der Waals surface area contributed by atoms with Gasteiger partial charge in [-0.3, -0.25) is 9.59 Å². The molecule has 0 saturated carbocycles. The second-order valence-electron chi connectivity index (χ2n) is 6.98. The van der Waals surface area contributed by atoms with Gasteiger partial charge in [-0.2, -0.15) is 5.10 Å². The summed E-state index contributed by atoms with van der Waals surface area (Å²) in [6, 6.07) is 22.8. The number of nitrogens with zero attached hydrogens (tertiary/aromatic N) is 1. The van der Waals surface area contributed by atoms with Gasteiger partial charge in [0.2, 0.25) is 11.8 Å². The number of benzene rings is 3. The highest BCUT2D eigenvalue weighted by Crippen LogP contribution is 2.19. The summed E-state index contributed by atoms with van der Waals surface area (Å²) >= 11 is 3.41. The normalized spacial score (nSPS) is 10.7. The lowest BCUT2D eigenvalue weighted by Crippen LogP contribution is -2.25. The third kappa shape index (κ3) is 7.06. The molecule has 0 aliphatic heterocycles. The SMILES string of the molecule is CCc1ccccc1NC(=O)CC(=O)NN=Cc1ccccc1OCc1ccc(Br)cc1. The lowest BCUT2D eigenvalue weighted by Gasteiger charge is -2.09. The number of amides is 2. The van der Waals surface area contributed by atoms with Crippen molar-refractivity contribution in [2.24, 2.45) is 5.10 Å². The van der Waals surface area contributed by atoms with E-state index >= 15 is 0 Å². The van der Waals surface area contributed by atoms with Gasteiger partial charge in [0.1, 0.15) is 18.8 Å². The molecule has 0 aromatic heterocycles. The Kier molecular flexibility index (Phi) is 8.57. The Balaban J connectivity index is 1.52. The van der Waals surface area contributed by atoms with Crippen LogP contribution in [0, 0.1) is 0 Å². The highest BCUT2D eigenvalue weighted by Gasteiger charge is 2.10. The molecule has 3 aromatic rings. The summed E-state index contributed by atoms with van der Waals surface area (Å²) in [5, 5.41) is 6.74. The van der Waals surface area contributed by atoms with Crippen molar-refractivity contribution in [2.45, 2.75) is 26.4 Å². The Labute approximate surface area is 195 Å². The maximum Gasteiger partial charge on any atom is 0.249 e. The minimum absolute atomic E-state index is 0.322. The van der Waals surface area contributed by atoms with Crippen LogP contribution in [0.25, 0.3) is 0 Å². The number of aryl methyl sites for hydroxylation is 1. The molecule has 3 aromatic carbocycles. The zero-order valence-corrected chi connectivity index (χ0v) is 19.3. The molecule has 0 aliphatic rings. The fourth-order valence-electron chi connectivity index (χ4n) is 2.96. The molecule has 164 valence electrons.